The lowest BCUT2D eigenvalue weighted by Gasteiger charge is -2.37. The number of aliphatic hydroxyl groups is 1. The first-order chi connectivity index (χ1) is 17.9. The van der Waals surface area contributed by atoms with Crippen LogP contribution in [0, 0.1) is 11.3 Å². The zero-order valence-corrected chi connectivity index (χ0v) is 21.4. The standard InChI is InChI=1S/C24H26ClF3N6O4/c1-15(35)13-32(2)14-16-7-9-17(10-8-16)22(36)34(38-23(37)24(26,27)28)33(18-5-3-4-6-18)21-19(25)12-30-20(11-29)31-21/h7-10,12,15,18,35H,3-6,13-14H2,1-2H3. The number of alkyl halides is 3. The monoisotopic (exact) mass is 554 g/mol. The largest absolute Gasteiger partial charge is 0.493 e. The molecule has 1 amide bonds. The molecule has 1 unspecified atom stereocenters. The van der Waals surface area contributed by atoms with Crippen LogP contribution in [-0.2, 0) is 16.2 Å². The number of hydroxylamine groups is 1. The number of likely N-dealkylation sites (N-methyl/N-ethyl adjacent to an activating group) is 1. The summed E-state index contributed by atoms with van der Waals surface area (Å²) in [5, 5.41) is 19.8. The molecule has 1 aromatic heterocycles. The summed E-state index contributed by atoms with van der Waals surface area (Å²) in [7, 11) is 1.80. The van der Waals surface area contributed by atoms with E-state index >= 15 is 0 Å². The van der Waals surface area contributed by atoms with Gasteiger partial charge in [0.1, 0.15) is 11.1 Å². The molecule has 0 bridgehead atoms. The van der Waals surface area contributed by atoms with E-state index in [0.29, 0.717) is 38.8 Å². The van der Waals surface area contributed by atoms with Gasteiger partial charge in [-0.2, -0.15) is 23.4 Å². The second kappa shape index (κ2) is 12.4. The van der Waals surface area contributed by atoms with Gasteiger partial charge in [0.05, 0.1) is 18.3 Å². The highest BCUT2D eigenvalue weighted by Gasteiger charge is 2.46. The average Bonchev–Trinajstić information content (AvgIpc) is 3.38. The van der Waals surface area contributed by atoms with Crippen molar-refractivity contribution in [2.75, 3.05) is 18.6 Å². The van der Waals surface area contributed by atoms with Crippen LogP contribution in [0.25, 0.3) is 0 Å². The molecule has 2 aromatic rings. The highest BCUT2D eigenvalue weighted by Crippen LogP contribution is 2.34. The van der Waals surface area contributed by atoms with Crippen LogP contribution in [0.15, 0.2) is 30.5 Å². The smallest absolute Gasteiger partial charge is 0.392 e. The second-order valence-electron chi connectivity index (χ2n) is 8.96. The molecule has 0 spiro atoms. The molecular formula is C24H26ClF3N6O4. The fourth-order valence-corrected chi connectivity index (χ4v) is 4.31. The third kappa shape index (κ3) is 7.31. The van der Waals surface area contributed by atoms with Gasteiger partial charge in [0, 0.05) is 18.7 Å². The number of nitriles is 1. The molecule has 1 atom stereocenters. The van der Waals surface area contributed by atoms with Crippen LogP contribution >= 0.6 is 11.6 Å². The summed E-state index contributed by atoms with van der Waals surface area (Å²) >= 11 is 6.25. The molecule has 1 aliphatic carbocycles. The molecule has 0 saturated heterocycles. The Balaban J connectivity index is 2.02. The van der Waals surface area contributed by atoms with E-state index in [4.69, 9.17) is 11.6 Å². The Morgan fingerprint density at radius 2 is 1.89 bits per heavy atom. The second-order valence-corrected chi connectivity index (χ2v) is 9.36. The van der Waals surface area contributed by atoms with Gasteiger partial charge in [-0.05, 0) is 44.5 Å². The molecule has 204 valence electrons. The summed E-state index contributed by atoms with van der Waals surface area (Å²) in [5.41, 5.74) is 0.698. The molecule has 38 heavy (non-hydrogen) atoms. The Labute approximate surface area is 222 Å². The minimum atomic E-state index is -5.40. The van der Waals surface area contributed by atoms with Crippen LogP contribution in [0.2, 0.25) is 5.02 Å². The van der Waals surface area contributed by atoms with Crippen LogP contribution in [-0.4, -0.2) is 68.9 Å². The predicted molar refractivity (Wildman–Crippen MR) is 129 cm³/mol. The number of carbonyl (C=O) groups is 2. The maximum absolute atomic E-state index is 13.6. The summed E-state index contributed by atoms with van der Waals surface area (Å²) in [6.45, 7) is 2.49. The Morgan fingerprint density at radius 1 is 1.26 bits per heavy atom. The van der Waals surface area contributed by atoms with E-state index in [-0.39, 0.29) is 27.4 Å². The Bertz CT molecular complexity index is 1180. The topological polar surface area (TPSA) is 123 Å². The van der Waals surface area contributed by atoms with Crippen molar-refractivity contribution in [3.63, 3.8) is 0 Å². The number of anilines is 1. The van der Waals surface area contributed by atoms with Gasteiger partial charge < -0.3 is 9.94 Å². The number of hydrazine groups is 1. The van der Waals surface area contributed by atoms with Crippen molar-refractivity contribution < 1.29 is 32.7 Å². The molecule has 3 rings (SSSR count). The van der Waals surface area contributed by atoms with Gasteiger partial charge in [-0.1, -0.05) is 41.7 Å². The van der Waals surface area contributed by atoms with Crippen molar-refractivity contribution in [1.82, 2.24) is 20.0 Å². The fourth-order valence-electron chi connectivity index (χ4n) is 4.13. The number of hydrogen-bond acceptors (Lipinski definition) is 9. The van der Waals surface area contributed by atoms with E-state index in [9.17, 15) is 33.1 Å². The molecule has 1 fully saturated rings. The molecular weight excluding hydrogens is 529 g/mol. The van der Waals surface area contributed by atoms with Crippen LogP contribution < -0.4 is 5.01 Å². The van der Waals surface area contributed by atoms with E-state index in [1.165, 1.54) is 12.1 Å². The van der Waals surface area contributed by atoms with Crippen molar-refractivity contribution in [3.8, 4) is 6.07 Å². The average molecular weight is 555 g/mol. The van der Waals surface area contributed by atoms with Crippen LogP contribution in [0.1, 0.15) is 54.4 Å². The number of carbonyl (C=O) groups excluding carboxylic acids is 2. The molecule has 14 heteroatoms. The molecule has 1 aliphatic rings. The third-order valence-electron chi connectivity index (χ3n) is 5.71. The summed E-state index contributed by atoms with van der Waals surface area (Å²) in [6.07, 6.45) is -2.61. The maximum atomic E-state index is 13.6. The minimum Gasteiger partial charge on any atom is -0.392 e. The molecule has 1 heterocycles. The number of aliphatic hydroxyl groups excluding tert-OH is 1. The normalized spacial score (nSPS) is 14.7. The zero-order chi connectivity index (χ0) is 28.0. The highest BCUT2D eigenvalue weighted by molar-refractivity contribution is 6.32. The van der Waals surface area contributed by atoms with E-state index in [0.717, 1.165) is 16.8 Å². The van der Waals surface area contributed by atoms with Gasteiger partial charge in [-0.25, -0.2) is 14.8 Å². The number of rotatable bonds is 8. The van der Waals surface area contributed by atoms with Crippen molar-refractivity contribution >= 4 is 29.3 Å². The molecule has 1 saturated carbocycles. The first-order valence-corrected chi connectivity index (χ1v) is 12.1. The quantitative estimate of drug-likeness (QED) is 0.487. The number of halogens is 4. The SMILES string of the molecule is CC(O)CN(C)Cc1ccc(C(=O)N(OC(=O)C(F)(F)F)N(c2nc(C#N)ncc2Cl)C2CCCC2)cc1. The Hall–Kier alpha value is -3.47. The first-order valence-electron chi connectivity index (χ1n) is 11.7. The van der Waals surface area contributed by atoms with E-state index in [1.807, 2.05) is 4.90 Å². The Kier molecular flexibility index (Phi) is 9.48. The van der Waals surface area contributed by atoms with E-state index in [2.05, 4.69) is 14.8 Å². The lowest BCUT2D eigenvalue weighted by molar-refractivity contribution is -0.231. The van der Waals surface area contributed by atoms with Crippen LogP contribution in [0.5, 0.6) is 0 Å². The molecule has 10 nitrogen and oxygen atoms in total. The fraction of sp³-hybridized carbons (Fsp3) is 0.458. The number of hydrogen-bond donors (Lipinski definition) is 1. The van der Waals surface area contributed by atoms with Crippen LogP contribution in [0.3, 0.4) is 0 Å². The van der Waals surface area contributed by atoms with E-state index < -0.39 is 30.2 Å². The highest BCUT2D eigenvalue weighted by atomic mass is 35.5. The van der Waals surface area contributed by atoms with Crippen molar-refractivity contribution in [3.05, 3.63) is 52.4 Å². The van der Waals surface area contributed by atoms with Crippen molar-refractivity contribution in [2.24, 2.45) is 0 Å². The summed E-state index contributed by atoms with van der Waals surface area (Å²) in [6, 6.07) is 7.08. The van der Waals surface area contributed by atoms with Gasteiger partial charge in [0.2, 0.25) is 5.82 Å². The van der Waals surface area contributed by atoms with Gasteiger partial charge in [0.15, 0.2) is 5.82 Å². The maximum Gasteiger partial charge on any atom is 0.493 e. The molecule has 1 N–H and O–H groups in total. The van der Waals surface area contributed by atoms with Gasteiger partial charge in [0.25, 0.3) is 0 Å². The summed E-state index contributed by atoms with van der Waals surface area (Å²) < 4.78 is 39.7. The minimum absolute atomic E-state index is 0.0735. The van der Waals surface area contributed by atoms with Crippen LogP contribution in [0.4, 0.5) is 19.0 Å². The van der Waals surface area contributed by atoms with E-state index in [1.54, 1.807) is 32.2 Å². The van der Waals surface area contributed by atoms with Crippen molar-refractivity contribution in [1.29, 1.82) is 5.26 Å². The number of benzene rings is 1. The summed E-state index contributed by atoms with van der Waals surface area (Å²) in [4.78, 5) is 39.7. The lowest BCUT2D eigenvalue weighted by atomic mass is 10.1. The number of aromatic nitrogens is 2. The van der Waals surface area contributed by atoms with Gasteiger partial charge in [-0.3, -0.25) is 9.69 Å². The third-order valence-corrected chi connectivity index (χ3v) is 5.98. The molecule has 1 aromatic carbocycles. The van der Waals surface area contributed by atoms with Crippen molar-refractivity contribution in [2.45, 2.75) is 57.5 Å². The molecule has 0 radical (unpaired) electrons. The number of amides is 1. The van der Waals surface area contributed by atoms with Gasteiger partial charge >= 0.3 is 18.1 Å². The predicted octanol–water partition coefficient (Wildman–Crippen LogP) is 3.64. The summed E-state index contributed by atoms with van der Waals surface area (Å²) in [5.74, 6) is -4.28. The lowest BCUT2D eigenvalue weighted by Crippen LogP contribution is -2.54. The van der Waals surface area contributed by atoms with Gasteiger partial charge in [-0.15, -0.1) is 0 Å². The molecule has 0 aliphatic heterocycles. The first kappa shape index (κ1) is 29.1. The number of nitrogens with zero attached hydrogens (tertiary/aromatic N) is 6. The zero-order valence-electron chi connectivity index (χ0n) is 20.7. The Morgan fingerprint density at radius 3 is 2.45 bits per heavy atom.